The Kier molecular flexibility index (Phi) is 7.35. The van der Waals surface area contributed by atoms with E-state index in [4.69, 9.17) is 0 Å². The predicted octanol–water partition coefficient (Wildman–Crippen LogP) is 1.70. The molecule has 120 valence electrons. The van der Waals surface area contributed by atoms with Gasteiger partial charge in [0.15, 0.2) is 0 Å². The second-order valence-electron chi connectivity index (χ2n) is 6.04. The summed E-state index contributed by atoms with van der Waals surface area (Å²) in [4.78, 5) is 2.04. The largest absolute Gasteiger partial charge is 0.314 e. The average Bonchev–Trinajstić information content (AvgIpc) is 2.37. The molecule has 0 fully saturated rings. The van der Waals surface area contributed by atoms with Crippen LogP contribution in [0.25, 0.3) is 0 Å². The Hall–Kier alpha value is -0.910. The molecule has 1 aromatic carbocycles. The summed E-state index contributed by atoms with van der Waals surface area (Å²) < 4.78 is 22.3. The highest BCUT2D eigenvalue weighted by atomic mass is 32.2. The van der Waals surface area contributed by atoms with Crippen molar-refractivity contribution in [2.24, 2.45) is 0 Å². The normalized spacial score (nSPS) is 12.3. The lowest BCUT2D eigenvalue weighted by Gasteiger charge is -2.16. The summed E-state index contributed by atoms with van der Waals surface area (Å²) in [6.45, 7) is 6.63. The van der Waals surface area contributed by atoms with Crippen LogP contribution in [0.4, 0.5) is 0 Å². The van der Waals surface area contributed by atoms with Crippen LogP contribution >= 0.6 is 0 Å². The molecule has 1 N–H and O–H groups in total. The molecule has 1 rings (SSSR count). The Bertz CT molecular complexity index is 510. The Morgan fingerprint density at radius 1 is 1.14 bits per heavy atom. The summed E-state index contributed by atoms with van der Waals surface area (Å²) in [6.07, 6.45) is 2.31. The van der Waals surface area contributed by atoms with E-state index in [-0.39, 0.29) is 5.75 Å². The third-order valence-electron chi connectivity index (χ3n) is 3.29. The first kappa shape index (κ1) is 18.1. The van der Waals surface area contributed by atoms with Gasteiger partial charge in [-0.25, -0.2) is 8.42 Å². The van der Waals surface area contributed by atoms with Crippen LogP contribution in [0.3, 0.4) is 0 Å². The fraction of sp³-hybridized carbons (Fsp3) is 0.625. The first-order chi connectivity index (χ1) is 9.76. The molecule has 0 spiro atoms. The number of hydrogen-bond donors (Lipinski definition) is 1. The first-order valence-electron chi connectivity index (χ1n) is 7.44. The second-order valence-corrected chi connectivity index (χ2v) is 8.30. The van der Waals surface area contributed by atoms with E-state index in [0.717, 1.165) is 19.5 Å². The molecule has 0 heterocycles. The van der Waals surface area contributed by atoms with Crippen LogP contribution < -0.4 is 5.32 Å². The van der Waals surface area contributed by atoms with Crippen molar-refractivity contribution in [3.8, 4) is 0 Å². The highest BCUT2D eigenvalue weighted by molar-refractivity contribution is 7.90. The molecule has 0 aliphatic rings. The molecule has 0 bridgehead atoms. The molecule has 0 aliphatic carbocycles. The Morgan fingerprint density at radius 3 is 2.24 bits per heavy atom. The summed E-state index contributed by atoms with van der Waals surface area (Å²) in [5.74, 6) is 0.211. The van der Waals surface area contributed by atoms with Gasteiger partial charge in [-0.1, -0.05) is 38.1 Å². The second kappa shape index (κ2) is 8.51. The number of rotatable bonds is 9. The fourth-order valence-corrected chi connectivity index (χ4v) is 2.67. The third-order valence-corrected chi connectivity index (χ3v) is 4.21. The topological polar surface area (TPSA) is 49.4 Å². The van der Waals surface area contributed by atoms with Gasteiger partial charge in [-0.2, -0.15) is 0 Å². The summed E-state index contributed by atoms with van der Waals surface area (Å²) in [7, 11) is -0.934. The van der Waals surface area contributed by atoms with E-state index >= 15 is 0 Å². The van der Waals surface area contributed by atoms with Crippen molar-refractivity contribution >= 4 is 9.84 Å². The Labute approximate surface area is 129 Å². The molecule has 0 atom stereocenters. The summed E-state index contributed by atoms with van der Waals surface area (Å²) >= 11 is 0. The number of hydrogen-bond acceptors (Lipinski definition) is 4. The van der Waals surface area contributed by atoms with Crippen molar-refractivity contribution in [2.75, 3.05) is 32.1 Å². The maximum atomic E-state index is 11.1. The smallest absolute Gasteiger partial charge is 0.148 e. The minimum absolute atomic E-state index is 0.211. The molecule has 0 saturated heterocycles. The average molecular weight is 312 g/mol. The maximum Gasteiger partial charge on any atom is 0.148 e. The van der Waals surface area contributed by atoms with Crippen LogP contribution in [0.2, 0.25) is 0 Å². The fourth-order valence-electron chi connectivity index (χ4n) is 2.03. The molecule has 0 unspecified atom stereocenters. The van der Waals surface area contributed by atoms with Crippen LogP contribution in [0.15, 0.2) is 24.3 Å². The van der Waals surface area contributed by atoms with Crippen molar-refractivity contribution in [2.45, 2.75) is 32.9 Å². The third kappa shape index (κ3) is 8.86. The maximum absolute atomic E-state index is 11.1. The van der Waals surface area contributed by atoms with Gasteiger partial charge in [0.05, 0.1) is 5.75 Å². The summed E-state index contributed by atoms with van der Waals surface area (Å²) in [5.41, 5.74) is 2.54. The summed E-state index contributed by atoms with van der Waals surface area (Å²) in [5, 5.41) is 3.41. The van der Waals surface area contributed by atoms with Crippen LogP contribution in [0, 0.1) is 0 Å². The highest BCUT2D eigenvalue weighted by Crippen LogP contribution is 2.07. The van der Waals surface area contributed by atoms with Gasteiger partial charge in [0, 0.05) is 25.4 Å². The van der Waals surface area contributed by atoms with Crippen LogP contribution in [-0.2, 0) is 22.8 Å². The number of benzene rings is 1. The van der Waals surface area contributed by atoms with E-state index in [2.05, 4.69) is 43.4 Å². The van der Waals surface area contributed by atoms with Crippen molar-refractivity contribution in [3.05, 3.63) is 35.4 Å². The zero-order valence-corrected chi connectivity index (χ0v) is 14.4. The van der Waals surface area contributed by atoms with Gasteiger partial charge in [0.25, 0.3) is 0 Å². The number of nitrogens with one attached hydrogen (secondary N) is 1. The standard InChI is InChI=1S/C16H28N2O2S/c1-14(2)17-10-9-15-5-7-16(8-6-15)13-18(3)11-12-21(4,19)20/h5-8,14,17H,9-13H2,1-4H3. The molecule has 0 saturated carbocycles. The number of nitrogens with zero attached hydrogens (tertiary/aromatic N) is 1. The zero-order valence-electron chi connectivity index (χ0n) is 13.6. The van der Waals surface area contributed by atoms with Crippen LogP contribution in [0.1, 0.15) is 25.0 Å². The van der Waals surface area contributed by atoms with Crippen LogP contribution in [0.5, 0.6) is 0 Å². The quantitative estimate of drug-likeness (QED) is 0.754. The minimum Gasteiger partial charge on any atom is -0.314 e. The Balaban J connectivity index is 2.39. The lowest BCUT2D eigenvalue weighted by atomic mass is 10.1. The lowest BCUT2D eigenvalue weighted by molar-refractivity contribution is 0.346. The van der Waals surface area contributed by atoms with E-state index in [0.29, 0.717) is 12.6 Å². The minimum atomic E-state index is -2.88. The molecule has 0 aromatic heterocycles. The van der Waals surface area contributed by atoms with Crippen molar-refractivity contribution in [3.63, 3.8) is 0 Å². The molecule has 4 nitrogen and oxygen atoms in total. The molecule has 21 heavy (non-hydrogen) atoms. The Morgan fingerprint density at radius 2 is 1.71 bits per heavy atom. The molecule has 0 aliphatic heterocycles. The van der Waals surface area contributed by atoms with Crippen molar-refractivity contribution in [1.82, 2.24) is 10.2 Å². The molecular weight excluding hydrogens is 284 g/mol. The molecule has 5 heteroatoms. The molecule has 1 aromatic rings. The molecule has 0 amide bonds. The van der Waals surface area contributed by atoms with E-state index in [1.165, 1.54) is 17.4 Å². The summed E-state index contributed by atoms with van der Waals surface area (Å²) in [6, 6.07) is 9.08. The molecule has 0 radical (unpaired) electrons. The van der Waals surface area contributed by atoms with Crippen molar-refractivity contribution in [1.29, 1.82) is 0 Å². The van der Waals surface area contributed by atoms with Crippen molar-refractivity contribution < 1.29 is 8.42 Å². The zero-order chi connectivity index (χ0) is 15.9. The highest BCUT2D eigenvalue weighted by Gasteiger charge is 2.06. The predicted molar refractivity (Wildman–Crippen MR) is 89.3 cm³/mol. The van der Waals surface area contributed by atoms with Gasteiger partial charge >= 0.3 is 0 Å². The van der Waals surface area contributed by atoms with Gasteiger partial charge < -0.3 is 10.2 Å². The van der Waals surface area contributed by atoms with Gasteiger partial charge in [-0.3, -0.25) is 0 Å². The molecular formula is C16H28N2O2S. The van der Waals surface area contributed by atoms with Crippen LogP contribution in [-0.4, -0.2) is 51.5 Å². The van der Waals surface area contributed by atoms with E-state index in [1.807, 2.05) is 11.9 Å². The monoisotopic (exact) mass is 312 g/mol. The number of sulfone groups is 1. The SMILES string of the molecule is CC(C)NCCc1ccc(CN(C)CCS(C)(=O)=O)cc1. The van der Waals surface area contributed by atoms with Gasteiger partial charge in [0.2, 0.25) is 0 Å². The lowest BCUT2D eigenvalue weighted by Crippen LogP contribution is -2.25. The van der Waals surface area contributed by atoms with Gasteiger partial charge in [-0.05, 0) is 31.1 Å². The van der Waals surface area contributed by atoms with E-state index in [1.54, 1.807) is 0 Å². The van der Waals surface area contributed by atoms with Gasteiger partial charge in [0.1, 0.15) is 9.84 Å². The van der Waals surface area contributed by atoms with E-state index < -0.39 is 9.84 Å². The van der Waals surface area contributed by atoms with E-state index in [9.17, 15) is 8.42 Å². The first-order valence-corrected chi connectivity index (χ1v) is 9.50. The van der Waals surface area contributed by atoms with Gasteiger partial charge in [-0.15, -0.1) is 0 Å².